The van der Waals surface area contributed by atoms with Crippen LogP contribution in [0.3, 0.4) is 0 Å². The van der Waals surface area contributed by atoms with E-state index in [0.717, 1.165) is 35.8 Å². The third-order valence-electron chi connectivity index (χ3n) is 5.47. The quantitative estimate of drug-likeness (QED) is 0.149. The minimum absolute atomic E-state index is 0.0902. The molecule has 0 bridgehead atoms. The lowest BCUT2D eigenvalue weighted by molar-refractivity contribution is 0.304. The molecule has 4 rings (SSSR count). The first-order valence-electron chi connectivity index (χ1n) is 10.8. The number of benzene rings is 3. The Morgan fingerprint density at radius 2 is 1.82 bits per heavy atom. The molecular weight excluding hydrogens is 673 g/mol. The minimum Gasteiger partial charge on any atom is -0.488 e. The lowest BCUT2D eigenvalue weighted by Crippen LogP contribution is -2.23. The van der Waals surface area contributed by atoms with Crippen molar-refractivity contribution in [2.24, 2.45) is 5.10 Å². The van der Waals surface area contributed by atoms with E-state index >= 15 is 0 Å². The number of hydrogen-bond acceptors (Lipinski definition) is 4. The third-order valence-corrected chi connectivity index (χ3v) is 7.34. The van der Waals surface area contributed by atoms with Crippen molar-refractivity contribution in [2.75, 3.05) is 0 Å². The van der Waals surface area contributed by atoms with Crippen LogP contribution >= 0.6 is 54.5 Å². The molecule has 1 aromatic heterocycles. The molecule has 34 heavy (non-hydrogen) atoms. The van der Waals surface area contributed by atoms with Gasteiger partial charge in [-0.3, -0.25) is 4.79 Å². The molecule has 8 heteroatoms. The first-order chi connectivity index (χ1) is 16.4. The number of ether oxygens (including phenoxy) is 1. The highest BCUT2D eigenvalue weighted by Gasteiger charge is 2.15. The van der Waals surface area contributed by atoms with Crippen molar-refractivity contribution in [1.29, 1.82) is 0 Å². The van der Waals surface area contributed by atoms with Gasteiger partial charge < -0.3 is 4.74 Å². The van der Waals surface area contributed by atoms with E-state index in [1.807, 2.05) is 54.6 Å². The van der Waals surface area contributed by atoms with Gasteiger partial charge in [-0.1, -0.05) is 57.8 Å². The van der Waals surface area contributed by atoms with E-state index in [1.165, 1.54) is 4.68 Å². The molecule has 174 valence electrons. The Bertz CT molecular complexity index is 1420. The first-order valence-corrected chi connectivity index (χ1v) is 13.5. The van der Waals surface area contributed by atoms with E-state index in [0.29, 0.717) is 23.3 Å². The van der Waals surface area contributed by atoms with Gasteiger partial charge in [-0.2, -0.15) is 9.78 Å². The molecule has 5 nitrogen and oxygen atoms in total. The topological polar surface area (TPSA) is 56.5 Å². The zero-order valence-electron chi connectivity index (χ0n) is 18.6. The molecule has 0 saturated heterocycles. The molecule has 3 aromatic carbocycles. The molecule has 0 aliphatic carbocycles. The Balaban J connectivity index is 1.62. The maximum Gasteiger partial charge on any atom is 0.282 e. The molecule has 1 atom stereocenters. The second-order valence-corrected chi connectivity index (χ2v) is 10.9. The summed E-state index contributed by atoms with van der Waals surface area (Å²) in [7, 11) is 0. The Morgan fingerprint density at radius 3 is 2.53 bits per heavy atom. The Morgan fingerprint density at radius 1 is 1.09 bits per heavy atom. The second-order valence-electron chi connectivity index (χ2n) is 7.91. The summed E-state index contributed by atoms with van der Waals surface area (Å²) in [5.41, 5.74) is 2.47. The summed E-state index contributed by atoms with van der Waals surface area (Å²) in [5.74, 6) is 1.55. The van der Waals surface area contributed by atoms with Crippen molar-refractivity contribution in [1.82, 2.24) is 9.66 Å². The SMILES string of the molecule is CC[C@H](C)c1nc2ccc(Br)cc2c(=O)n1N=Cc1ccc(OCc2ccc(Br)cc2)c(I)c1. The summed E-state index contributed by atoms with van der Waals surface area (Å²) in [6, 6.07) is 19.4. The van der Waals surface area contributed by atoms with E-state index in [-0.39, 0.29) is 11.5 Å². The van der Waals surface area contributed by atoms with Gasteiger partial charge >= 0.3 is 0 Å². The summed E-state index contributed by atoms with van der Waals surface area (Å²) in [6.45, 7) is 4.62. The molecular formula is C26H22Br2IN3O2. The lowest BCUT2D eigenvalue weighted by atomic mass is 10.1. The van der Waals surface area contributed by atoms with Crippen molar-refractivity contribution < 1.29 is 4.74 Å². The number of halogens is 3. The minimum atomic E-state index is -0.179. The average Bonchev–Trinajstić information content (AvgIpc) is 2.83. The Labute approximate surface area is 228 Å². The van der Waals surface area contributed by atoms with Crippen LogP contribution < -0.4 is 10.3 Å². The summed E-state index contributed by atoms with van der Waals surface area (Å²) >= 11 is 9.14. The van der Waals surface area contributed by atoms with Gasteiger partial charge in [-0.05, 0) is 88.7 Å². The van der Waals surface area contributed by atoms with Gasteiger partial charge in [0.25, 0.3) is 5.56 Å². The van der Waals surface area contributed by atoms with E-state index < -0.39 is 0 Å². The molecule has 0 saturated carbocycles. The van der Waals surface area contributed by atoms with Crippen LogP contribution in [0.5, 0.6) is 5.75 Å². The molecule has 0 N–H and O–H groups in total. The van der Waals surface area contributed by atoms with Crippen molar-refractivity contribution >= 4 is 71.6 Å². The molecule has 0 fully saturated rings. The maximum absolute atomic E-state index is 13.3. The Kier molecular flexibility index (Phi) is 8.21. The fraction of sp³-hybridized carbons (Fsp3) is 0.192. The normalized spacial score (nSPS) is 12.4. The van der Waals surface area contributed by atoms with Gasteiger partial charge in [-0.15, -0.1) is 0 Å². The monoisotopic (exact) mass is 693 g/mol. The number of nitrogens with zero attached hydrogens (tertiary/aromatic N) is 3. The van der Waals surface area contributed by atoms with Gasteiger partial charge in [0.1, 0.15) is 18.2 Å². The van der Waals surface area contributed by atoms with E-state index in [4.69, 9.17) is 9.72 Å². The van der Waals surface area contributed by atoms with Crippen LogP contribution in [-0.2, 0) is 6.61 Å². The first kappa shape index (κ1) is 25.1. The number of rotatable bonds is 7. The van der Waals surface area contributed by atoms with Gasteiger partial charge in [0.15, 0.2) is 0 Å². The fourth-order valence-corrected chi connectivity index (χ4v) is 4.68. The van der Waals surface area contributed by atoms with Crippen LogP contribution in [0.1, 0.15) is 43.1 Å². The molecule has 1 heterocycles. The van der Waals surface area contributed by atoms with Crippen LogP contribution in [0.15, 0.2) is 79.5 Å². The molecule has 0 spiro atoms. The third kappa shape index (κ3) is 5.78. The molecule has 4 aromatic rings. The maximum atomic E-state index is 13.3. The van der Waals surface area contributed by atoms with Crippen LogP contribution in [0.25, 0.3) is 10.9 Å². The number of fused-ring (bicyclic) bond motifs is 1. The van der Waals surface area contributed by atoms with Crippen molar-refractivity contribution in [3.63, 3.8) is 0 Å². The van der Waals surface area contributed by atoms with Crippen LogP contribution in [-0.4, -0.2) is 15.9 Å². The number of aromatic nitrogens is 2. The summed E-state index contributed by atoms with van der Waals surface area (Å²) in [5, 5.41) is 5.08. The molecule has 0 aliphatic rings. The standard InChI is InChI=1S/C26H22Br2IN3O2/c1-3-16(2)25-31-23-10-9-20(28)13-21(23)26(33)32(25)30-14-18-6-11-24(22(29)12-18)34-15-17-4-7-19(27)8-5-17/h4-14,16H,3,15H2,1-2H3/t16-/m0/s1. The summed E-state index contributed by atoms with van der Waals surface area (Å²) in [6.07, 6.45) is 2.55. The van der Waals surface area contributed by atoms with Gasteiger partial charge in [0, 0.05) is 14.9 Å². The second kappa shape index (κ2) is 11.1. The summed E-state index contributed by atoms with van der Waals surface area (Å²) in [4.78, 5) is 18.0. The highest BCUT2D eigenvalue weighted by atomic mass is 127. The van der Waals surface area contributed by atoms with E-state index in [2.05, 4.69) is 73.4 Å². The highest BCUT2D eigenvalue weighted by Crippen LogP contribution is 2.24. The predicted octanol–water partition coefficient (Wildman–Crippen LogP) is 7.50. The van der Waals surface area contributed by atoms with Crippen LogP contribution in [0.2, 0.25) is 0 Å². The van der Waals surface area contributed by atoms with Gasteiger partial charge in [0.2, 0.25) is 0 Å². The van der Waals surface area contributed by atoms with Crippen molar-refractivity contribution in [2.45, 2.75) is 32.8 Å². The Hall–Kier alpha value is -2.04. The largest absolute Gasteiger partial charge is 0.488 e. The highest BCUT2D eigenvalue weighted by molar-refractivity contribution is 14.1. The molecule has 0 unspecified atom stereocenters. The van der Waals surface area contributed by atoms with Crippen molar-refractivity contribution in [3.05, 3.63) is 100 Å². The van der Waals surface area contributed by atoms with Crippen LogP contribution in [0, 0.1) is 3.57 Å². The molecule has 0 amide bonds. The summed E-state index contributed by atoms with van der Waals surface area (Å²) < 4.78 is 10.3. The number of hydrogen-bond donors (Lipinski definition) is 0. The smallest absolute Gasteiger partial charge is 0.282 e. The van der Waals surface area contributed by atoms with Gasteiger partial charge in [0.05, 0.1) is 20.7 Å². The average molecular weight is 695 g/mol. The zero-order chi connectivity index (χ0) is 24.2. The molecule has 0 radical (unpaired) electrons. The predicted molar refractivity (Wildman–Crippen MR) is 153 cm³/mol. The zero-order valence-corrected chi connectivity index (χ0v) is 24.0. The van der Waals surface area contributed by atoms with Crippen molar-refractivity contribution in [3.8, 4) is 5.75 Å². The van der Waals surface area contributed by atoms with E-state index in [9.17, 15) is 4.79 Å². The van der Waals surface area contributed by atoms with Crippen LogP contribution in [0.4, 0.5) is 0 Å². The van der Waals surface area contributed by atoms with Gasteiger partial charge in [-0.25, -0.2) is 4.98 Å². The lowest BCUT2D eigenvalue weighted by Gasteiger charge is -2.14. The fourth-order valence-electron chi connectivity index (χ4n) is 3.36. The molecule has 0 aliphatic heterocycles. The van der Waals surface area contributed by atoms with E-state index in [1.54, 1.807) is 12.3 Å².